The Labute approximate surface area is 185 Å². The monoisotopic (exact) mass is 457 g/mol. The Bertz CT molecular complexity index is 795. The Balaban J connectivity index is 1.77. The standard InChI is InChI=1S/C21H30F3N5O3/c1-3-8-25-18(30)13-27(2)15-20(32)29-11-9-28(10-12-29)14-19(31)26-17-7-5-4-6-16(17)21(22,23)24/h4-7H,3,8-15H2,1-2H3,(H,25,30)(H,26,31). The smallest absolute Gasteiger partial charge is 0.355 e. The molecule has 8 nitrogen and oxygen atoms in total. The third-order valence-electron chi connectivity index (χ3n) is 4.99. The number of nitrogens with zero attached hydrogens (tertiary/aromatic N) is 3. The molecule has 1 heterocycles. The molecule has 1 aliphatic heterocycles. The van der Waals surface area contributed by atoms with Gasteiger partial charge >= 0.3 is 6.18 Å². The number of alkyl halides is 3. The number of likely N-dealkylation sites (N-methyl/N-ethyl adjacent to an activating group) is 1. The molecule has 0 saturated carbocycles. The van der Waals surface area contributed by atoms with E-state index in [1.807, 2.05) is 6.92 Å². The molecule has 0 bridgehead atoms. The zero-order valence-corrected chi connectivity index (χ0v) is 18.4. The number of benzene rings is 1. The van der Waals surface area contributed by atoms with Crippen molar-refractivity contribution in [2.75, 3.05) is 64.7 Å². The molecule has 1 saturated heterocycles. The summed E-state index contributed by atoms with van der Waals surface area (Å²) in [5.74, 6) is -0.789. The van der Waals surface area contributed by atoms with Crippen LogP contribution in [0.1, 0.15) is 18.9 Å². The summed E-state index contributed by atoms with van der Waals surface area (Å²) < 4.78 is 39.2. The molecule has 1 aromatic rings. The third kappa shape index (κ3) is 8.12. The van der Waals surface area contributed by atoms with Crippen LogP contribution in [0.5, 0.6) is 0 Å². The quantitative estimate of drug-likeness (QED) is 0.583. The summed E-state index contributed by atoms with van der Waals surface area (Å²) in [5, 5.41) is 5.09. The number of para-hydroxylation sites is 1. The number of rotatable bonds is 9. The van der Waals surface area contributed by atoms with E-state index < -0.39 is 17.6 Å². The molecule has 3 amide bonds. The lowest BCUT2D eigenvalue weighted by molar-refractivity contribution is -0.137. The molecule has 2 N–H and O–H groups in total. The number of carbonyl (C=O) groups is 3. The minimum atomic E-state index is -4.56. The lowest BCUT2D eigenvalue weighted by Gasteiger charge is -2.35. The largest absolute Gasteiger partial charge is 0.418 e. The van der Waals surface area contributed by atoms with E-state index in [9.17, 15) is 27.6 Å². The van der Waals surface area contributed by atoms with Gasteiger partial charge in [0.05, 0.1) is 30.9 Å². The van der Waals surface area contributed by atoms with Crippen LogP contribution in [0.3, 0.4) is 0 Å². The summed E-state index contributed by atoms with van der Waals surface area (Å²) in [7, 11) is 1.70. The Morgan fingerprint density at radius 1 is 1.03 bits per heavy atom. The van der Waals surface area contributed by atoms with Crippen LogP contribution in [0.15, 0.2) is 24.3 Å². The molecular formula is C21H30F3N5O3. The first kappa shape index (κ1) is 25.6. The second kappa shape index (κ2) is 11.8. The SMILES string of the molecule is CCCNC(=O)CN(C)CC(=O)N1CCN(CC(=O)Nc2ccccc2C(F)(F)F)CC1. The van der Waals surface area contributed by atoms with Crippen molar-refractivity contribution in [2.24, 2.45) is 0 Å². The number of anilines is 1. The van der Waals surface area contributed by atoms with Crippen LogP contribution in [-0.4, -0.2) is 91.8 Å². The normalized spacial score (nSPS) is 15.0. The van der Waals surface area contributed by atoms with Crippen molar-refractivity contribution in [1.82, 2.24) is 20.0 Å². The van der Waals surface area contributed by atoms with Crippen molar-refractivity contribution in [3.8, 4) is 0 Å². The van der Waals surface area contributed by atoms with Gasteiger partial charge in [0.25, 0.3) is 0 Å². The van der Waals surface area contributed by atoms with Gasteiger partial charge in [-0.05, 0) is 25.6 Å². The number of nitrogens with one attached hydrogen (secondary N) is 2. The number of piperazine rings is 1. The fourth-order valence-electron chi connectivity index (χ4n) is 3.34. The topological polar surface area (TPSA) is 85.0 Å². The van der Waals surface area contributed by atoms with Gasteiger partial charge in [-0.3, -0.25) is 24.2 Å². The van der Waals surface area contributed by atoms with Crippen molar-refractivity contribution < 1.29 is 27.6 Å². The second-order valence-electron chi connectivity index (χ2n) is 7.77. The van der Waals surface area contributed by atoms with Crippen molar-refractivity contribution in [3.05, 3.63) is 29.8 Å². The average Bonchev–Trinajstić information content (AvgIpc) is 2.72. The maximum absolute atomic E-state index is 13.1. The summed E-state index contributed by atoms with van der Waals surface area (Å²) in [6.45, 7) is 4.39. The highest BCUT2D eigenvalue weighted by atomic mass is 19.4. The highest BCUT2D eigenvalue weighted by Crippen LogP contribution is 2.34. The van der Waals surface area contributed by atoms with Gasteiger partial charge in [0, 0.05) is 32.7 Å². The zero-order valence-electron chi connectivity index (χ0n) is 18.4. The van der Waals surface area contributed by atoms with Gasteiger partial charge in [0.15, 0.2) is 0 Å². The molecule has 0 unspecified atom stereocenters. The lowest BCUT2D eigenvalue weighted by Crippen LogP contribution is -2.52. The molecule has 11 heteroatoms. The van der Waals surface area contributed by atoms with Gasteiger partial charge in [-0.15, -0.1) is 0 Å². The summed E-state index contributed by atoms with van der Waals surface area (Å²) in [6.07, 6.45) is -3.72. The van der Waals surface area contributed by atoms with Gasteiger partial charge in [0.1, 0.15) is 0 Å². The highest BCUT2D eigenvalue weighted by molar-refractivity contribution is 5.93. The van der Waals surface area contributed by atoms with Crippen LogP contribution in [0.4, 0.5) is 18.9 Å². The number of hydrogen-bond acceptors (Lipinski definition) is 5. The van der Waals surface area contributed by atoms with Crippen LogP contribution in [-0.2, 0) is 20.6 Å². The number of halogens is 3. The first-order valence-electron chi connectivity index (χ1n) is 10.5. The number of amides is 3. The number of carbonyl (C=O) groups excluding carboxylic acids is 3. The maximum Gasteiger partial charge on any atom is 0.418 e. The minimum Gasteiger partial charge on any atom is -0.355 e. The van der Waals surface area contributed by atoms with Gasteiger partial charge in [0.2, 0.25) is 17.7 Å². The van der Waals surface area contributed by atoms with Gasteiger partial charge in [-0.2, -0.15) is 13.2 Å². The first-order chi connectivity index (χ1) is 15.1. The predicted octanol–water partition coefficient (Wildman–Crippen LogP) is 1.25. The molecule has 0 aliphatic carbocycles. The first-order valence-corrected chi connectivity index (χ1v) is 10.5. The van der Waals surface area contributed by atoms with E-state index >= 15 is 0 Å². The second-order valence-corrected chi connectivity index (χ2v) is 7.77. The van der Waals surface area contributed by atoms with Crippen LogP contribution < -0.4 is 10.6 Å². The van der Waals surface area contributed by atoms with Crippen molar-refractivity contribution in [2.45, 2.75) is 19.5 Å². The summed E-state index contributed by atoms with van der Waals surface area (Å²) in [5.41, 5.74) is -1.17. The summed E-state index contributed by atoms with van der Waals surface area (Å²) in [6, 6.07) is 4.84. The third-order valence-corrected chi connectivity index (χ3v) is 4.99. The molecule has 32 heavy (non-hydrogen) atoms. The van der Waals surface area contributed by atoms with Crippen LogP contribution in [0, 0.1) is 0 Å². The van der Waals surface area contributed by atoms with E-state index in [0.29, 0.717) is 32.7 Å². The van der Waals surface area contributed by atoms with Crippen molar-refractivity contribution in [1.29, 1.82) is 0 Å². The van der Waals surface area contributed by atoms with E-state index in [1.165, 1.54) is 18.2 Å². The van der Waals surface area contributed by atoms with Gasteiger partial charge in [-0.1, -0.05) is 19.1 Å². The molecule has 0 aromatic heterocycles. The molecule has 0 spiro atoms. The van der Waals surface area contributed by atoms with E-state index in [-0.39, 0.29) is 37.1 Å². The number of hydrogen-bond donors (Lipinski definition) is 2. The maximum atomic E-state index is 13.1. The fourth-order valence-corrected chi connectivity index (χ4v) is 3.34. The molecule has 178 valence electrons. The Morgan fingerprint density at radius 2 is 1.69 bits per heavy atom. The lowest BCUT2D eigenvalue weighted by atomic mass is 10.1. The van der Waals surface area contributed by atoms with Gasteiger partial charge < -0.3 is 15.5 Å². The van der Waals surface area contributed by atoms with Crippen molar-refractivity contribution >= 4 is 23.4 Å². The van der Waals surface area contributed by atoms with Crippen LogP contribution in [0.25, 0.3) is 0 Å². The van der Waals surface area contributed by atoms with E-state index in [4.69, 9.17) is 0 Å². The summed E-state index contributed by atoms with van der Waals surface area (Å²) in [4.78, 5) is 41.5. The average molecular weight is 457 g/mol. The zero-order chi connectivity index (χ0) is 23.7. The molecular weight excluding hydrogens is 427 g/mol. The Hall–Kier alpha value is -2.66. The fraction of sp³-hybridized carbons (Fsp3) is 0.571. The summed E-state index contributed by atoms with van der Waals surface area (Å²) >= 11 is 0. The molecule has 0 radical (unpaired) electrons. The molecule has 2 rings (SSSR count). The molecule has 0 atom stereocenters. The van der Waals surface area contributed by atoms with E-state index in [2.05, 4.69) is 10.6 Å². The Kier molecular flexibility index (Phi) is 9.45. The molecule has 1 aliphatic rings. The minimum absolute atomic E-state index is 0.0638. The van der Waals surface area contributed by atoms with Gasteiger partial charge in [-0.25, -0.2) is 0 Å². The molecule has 1 fully saturated rings. The molecule has 1 aromatic carbocycles. The van der Waals surface area contributed by atoms with E-state index in [1.54, 1.807) is 21.7 Å². The predicted molar refractivity (Wildman–Crippen MR) is 114 cm³/mol. The Morgan fingerprint density at radius 3 is 2.31 bits per heavy atom. The van der Waals surface area contributed by atoms with Crippen molar-refractivity contribution in [3.63, 3.8) is 0 Å². The van der Waals surface area contributed by atoms with Crippen LogP contribution >= 0.6 is 0 Å². The van der Waals surface area contributed by atoms with Crippen LogP contribution in [0.2, 0.25) is 0 Å². The highest BCUT2D eigenvalue weighted by Gasteiger charge is 2.33. The van der Waals surface area contributed by atoms with E-state index in [0.717, 1.165) is 12.5 Å².